The largest absolute Gasteiger partial charge is 0.452 e. The fourth-order valence-corrected chi connectivity index (χ4v) is 3.82. The minimum atomic E-state index is -3.56. The van der Waals surface area contributed by atoms with Crippen LogP contribution in [0.1, 0.15) is 31.1 Å². The first-order chi connectivity index (χ1) is 11.7. The van der Waals surface area contributed by atoms with Gasteiger partial charge in [-0.2, -0.15) is 0 Å². The first kappa shape index (κ1) is 19.4. The number of hydrogen-bond acceptors (Lipinski definition) is 6. The van der Waals surface area contributed by atoms with Gasteiger partial charge >= 0.3 is 5.97 Å². The predicted molar refractivity (Wildman–Crippen MR) is 91.0 cm³/mol. The average molecular weight is 369 g/mol. The van der Waals surface area contributed by atoms with Gasteiger partial charge in [-0.1, -0.05) is 19.1 Å². The summed E-state index contributed by atoms with van der Waals surface area (Å²) in [5.41, 5.74) is -0.0548. The van der Waals surface area contributed by atoms with E-state index in [1.165, 1.54) is 19.1 Å². The van der Waals surface area contributed by atoms with Gasteiger partial charge in [0.05, 0.1) is 28.4 Å². The Balaban J connectivity index is 2.05. The van der Waals surface area contributed by atoms with E-state index in [0.29, 0.717) is 13.1 Å². The molecule has 2 rings (SSSR count). The van der Waals surface area contributed by atoms with Gasteiger partial charge in [0.25, 0.3) is 5.91 Å². The summed E-state index contributed by atoms with van der Waals surface area (Å²) in [6.07, 6.45) is -0.169. The van der Waals surface area contributed by atoms with Gasteiger partial charge in [-0.05, 0) is 26.0 Å². The zero-order valence-corrected chi connectivity index (χ0v) is 15.4. The SMILES string of the molecule is CCS(=O)(=O)c1ccccc1C(=O)OCC(=O)N1C[C@H](C)O[C@@H](C)C1. The Morgan fingerprint density at radius 1 is 1.20 bits per heavy atom. The Bertz CT molecular complexity index is 735. The van der Waals surface area contributed by atoms with Crippen molar-refractivity contribution < 1.29 is 27.5 Å². The molecule has 1 heterocycles. The van der Waals surface area contributed by atoms with Crippen LogP contribution in [0.5, 0.6) is 0 Å². The quantitative estimate of drug-likeness (QED) is 0.726. The van der Waals surface area contributed by atoms with E-state index in [-0.39, 0.29) is 34.3 Å². The molecule has 0 bridgehead atoms. The molecule has 2 atom stereocenters. The van der Waals surface area contributed by atoms with Crippen molar-refractivity contribution in [1.29, 1.82) is 0 Å². The summed E-state index contributed by atoms with van der Waals surface area (Å²) in [7, 11) is -3.56. The number of benzene rings is 1. The molecule has 0 radical (unpaired) electrons. The second-order valence-corrected chi connectivity index (χ2v) is 8.28. The maximum atomic E-state index is 12.3. The first-order valence-corrected chi connectivity index (χ1v) is 9.82. The third-order valence-corrected chi connectivity index (χ3v) is 5.71. The number of esters is 1. The maximum absolute atomic E-state index is 12.3. The number of ether oxygens (including phenoxy) is 2. The van der Waals surface area contributed by atoms with E-state index in [0.717, 1.165) is 0 Å². The molecule has 1 amide bonds. The third-order valence-electron chi connectivity index (χ3n) is 3.92. The zero-order valence-electron chi connectivity index (χ0n) is 14.6. The van der Waals surface area contributed by atoms with Crippen molar-refractivity contribution in [3.8, 4) is 0 Å². The molecule has 0 aliphatic carbocycles. The van der Waals surface area contributed by atoms with Crippen LogP contribution in [0.4, 0.5) is 0 Å². The van der Waals surface area contributed by atoms with E-state index in [1.807, 2.05) is 13.8 Å². The number of amides is 1. The molecule has 1 aliphatic heterocycles. The van der Waals surface area contributed by atoms with Gasteiger partial charge in [0.2, 0.25) is 0 Å². The second-order valence-electron chi connectivity index (χ2n) is 6.03. The highest BCUT2D eigenvalue weighted by Gasteiger charge is 2.27. The number of hydrogen-bond donors (Lipinski definition) is 0. The van der Waals surface area contributed by atoms with Gasteiger partial charge in [0.15, 0.2) is 16.4 Å². The molecule has 1 aromatic rings. The fourth-order valence-electron chi connectivity index (χ4n) is 2.74. The summed E-state index contributed by atoms with van der Waals surface area (Å²) in [6, 6.07) is 5.84. The van der Waals surface area contributed by atoms with Crippen molar-refractivity contribution in [2.45, 2.75) is 37.9 Å². The monoisotopic (exact) mass is 369 g/mol. The Labute approximate surface area is 147 Å². The van der Waals surface area contributed by atoms with Crippen LogP contribution in [0.2, 0.25) is 0 Å². The van der Waals surface area contributed by atoms with Crippen molar-refractivity contribution in [3.63, 3.8) is 0 Å². The van der Waals surface area contributed by atoms with Crippen LogP contribution in [-0.2, 0) is 24.1 Å². The third kappa shape index (κ3) is 4.79. The first-order valence-electron chi connectivity index (χ1n) is 8.16. The minimum Gasteiger partial charge on any atom is -0.452 e. The lowest BCUT2D eigenvalue weighted by atomic mass is 10.2. The van der Waals surface area contributed by atoms with E-state index >= 15 is 0 Å². The zero-order chi connectivity index (χ0) is 18.6. The van der Waals surface area contributed by atoms with Crippen LogP contribution >= 0.6 is 0 Å². The summed E-state index contributed by atoms with van der Waals surface area (Å²) >= 11 is 0. The van der Waals surface area contributed by atoms with Crippen LogP contribution in [-0.4, -0.2) is 62.9 Å². The molecule has 1 fully saturated rings. The number of carbonyl (C=O) groups is 2. The van der Waals surface area contributed by atoms with Crippen molar-refractivity contribution in [2.24, 2.45) is 0 Å². The molecule has 1 aromatic carbocycles. The molecule has 0 N–H and O–H groups in total. The Hall–Kier alpha value is -1.93. The summed E-state index contributed by atoms with van der Waals surface area (Å²) in [6.45, 7) is 5.67. The van der Waals surface area contributed by atoms with Crippen LogP contribution in [0.3, 0.4) is 0 Å². The van der Waals surface area contributed by atoms with Crippen LogP contribution < -0.4 is 0 Å². The lowest BCUT2D eigenvalue weighted by Crippen LogP contribution is -2.49. The van der Waals surface area contributed by atoms with Crippen molar-refractivity contribution >= 4 is 21.7 Å². The van der Waals surface area contributed by atoms with Gasteiger partial charge < -0.3 is 14.4 Å². The van der Waals surface area contributed by atoms with E-state index in [2.05, 4.69) is 0 Å². The van der Waals surface area contributed by atoms with Gasteiger partial charge in [-0.3, -0.25) is 4.79 Å². The molecular formula is C17H23NO6S. The summed E-state index contributed by atoms with van der Waals surface area (Å²) in [5.74, 6) is -1.28. The van der Waals surface area contributed by atoms with Gasteiger partial charge in [0.1, 0.15) is 0 Å². The topological polar surface area (TPSA) is 90.0 Å². The number of morpholine rings is 1. The lowest BCUT2D eigenvalue weighted by molar-refractivity contribution is -0.146. The highest BCUT2D eigenvalue weighted by molar-refractivity contribution is 7.91. The lowest BCUT2D eigenvalue weighted by Gasteiger charge is -2.35. The number of nitrogens with zero attached hydrogens (tertiary/aromatic N) is 1. The second kappa shape index (κ2) is 7.97. The smallest absolute Gasteiger partial charge is 0.339 e. The van der Waals surface area contributed by atoms with Crippen molar-refractivity contribution in [2.75, 3.05) is 25.4 Å². The number of rotatable bonds is 5. The molecule has 0 spiro atoms. The molecule has 25 heavy (non-hydrogen) atoms. The summed E-state index contributed by atoms with van der Waals surface area (Å²) in [5, 5.41) is 0. The highest BCUT2D eigenvalue weighted by atomic mass is 32.2. The molecular weight excluding hydrogens is 346 g/mol. The van der Waals surface area contributed by atoms with Crippen LogP contribution in [0.25, 0.3) is 0 Å². The molecule has 138 valence electrons. The standard InChI is InChI=1S/C17H23NO6S/c1-4-25(21,22)15-8-6-5-7-14(15)17(20)23-11-16(19)18-9-12(2)24-13(3)10-18/h5-8,12-13H,4,9-11H2,1-3H3/t12-,13-/m0/s1. The molecule has 0 unspecified atom stereocenters. The summed E-state index contributed by atoms with van der Waals surface area (Å²) < 4.78 is 34.8. The molecule has 0 aromatic heterocycles. The molecule has 1 saturated heterocycles. The van der Waals surface area contributed by atoms with E-state index in [1.54, 1.807) is 17.0 Å². The van der Waals surface area contributed by atoms with Gasteiger partial charge in [-0.15, -0.1) is 0 Å². The maximum Gasteiger partial charge on any atom is 0.339 e. The number of sulfone groups is 1. The summed E-state index contributed by atoms with van der Waals surface area (Å²) in [4.78, 5) is 26.0. The average Bonchev–Trinajstić information content (AvgIpc) is 2.58. The minimum absolute atomic E-state index is 0.0548. The molecule has 0 saturated carbocycles. The predicted octanol–water partition coefficient (Wildman–Crippen LogP) is 1.27. The molecule has 8 heteroatoms. The fraction of sp³-hybridized carbons (Fsp3) is 0.529. The van der Waals surface area contributed by atoms with Crippen molar-refractivity contribution in [1.82, 2.24) is 4.90 Å². The Kier molecular flexibility index (Phi) is 6.18. The van der Waals surface area contributed by atoms with E-state index in [9.17, 15) is 18.0 Å². The van der Waals surface area contributed by atoms with Crippen LogP contribution in [0, 0.1) is 0 Å². The van der Waals surface area contributed by atoms with E-state index < -0.39 is 22.4 Å². The number of carbonyl (C=O) groups excluding carboxylic acids is 2. The highest BCUT2D eigenvalue weighted by Crippen LogP contribution is 2.18. The van der Waals surface area contributed by atoms with Crippen molar-refractivity contribution in [3.05, 3.63) is 29.8 Å². The molecule has 7 nitrogen and oxygen atoms in total. The van der Waals surface area contributed by atoms with Gasteiger partial charge in [-0.25, -0.2) is 13.2 Å². The Morgan fingerprint density at radius 2 is 1.80 bits per heavy atom. The Morgan fingerprint density at radius 3 is 2.40 bits per heavy atom. The van der Waals surface area contributed by atoms with Crippen LogP contribution in [0.15, 0.2) is 29.2 Å². The normalized spacial score (nSPS) is 21.0. The molecule has 1 aliphatic rings. The van der Waals surface area contributed by atoms with Gasteiger partial charge in [0, 0.05) is 13.1 Å². The van der Waals surface area contributed by atoms with E-state index in [4.69, 9.17) is 9.47 Å².